The number of carbonyl (C=O) groups excluding carboxylic acids is 3. The molecule has 4 rings (SSSR count). The van der Waals surface area contributed by atoms with Crippen molar-refractivity contribution in [1.29, 1.82) is 0 Å². The predicted octanol–water partition coefficient (Wildman–Crippen LogP) is 11.2. The van der Waals surface area contributed by atoms with Crippen LogP contribution in [0.1, 0.15) is 40.5 Å². The van der Waals surface area contributed by atoms with Gasteiger partial charge in [-0.15, -0.1) is 0 Å². The van der Waals surface area contributed by atoms with E-state index in [-0.39, 0.29) is 38.7 Å². The second-order valence-corrected chi connectivity index (χ2v) is 29.2. The molecule has 346 valence electrons. The molecular formula is C47H75N7O6Si3. The monoisotopic (exact) mass is 918 g/mol. The van der Waals surface area contributed by atoms with Crippen molar-refractivity contribution in [3.63, 3.8) is 0 Å². The van der Waals surface area contributed by atoms with Crippen molar-refractivity contribution >= 4 is 65.9 Å². The quantitative estimate of drug-likeness (QED) is 0.0157. The molecule has 0 aliphatic rings. The third kappa shape index (κ3) is 22.4. The van der Waals surface area contributed by atoms with Crippen LogP contribution in [0.2, 0.25) is 51.4 Å². The van der Waals surface area contributed by atoms with Crippen LogP contribution in [0.25, 0.3) is 0 Å². The first-order valence-electron chi connectivity index (χ1n) is 21.3. The summed E-state index contributed by atoms with van der Waals surface area (Å²) in [4.78, 5) is 46.8. The normalized spacial score (nSPS) is 11.8. The van der Waals surface area contributed by atoms with Gasteiger partial charge in [0.15, 0.2) is 16.6 Å². The number of amides is 5. The van der Waals surface area contributed by atoms with Gasteiger partial charge in [0, 0.05) is 54.8 Å². The number of rotatable bonds is 26. The number of carbonyl (C=O) groups is 3. The number of hydrogen-bond donors (Lipinski definition) is 6. The number of hydrogen-bond acceptors (Lipinski definition) is 8. The Bertz CT molecular complexity index is 1880. The van der Waals surface area contributed by atoms with Crippen LogP contribution in [0, 0.1) is 5.92 Å². The summed E-state index contributed by atoms with van der Waals surface area (Å²) in [5.41, 5.74) is 6.14. The van der Waals surface area contributed by atoms with Crippen LogP contribution < -0.4 is 32.1 Å². The Morgan fingerprint density at radius 3 is 1.59 bits per heavy atom. The minimum atomic E-state index is -2.53. The highest BCUT2D eigenvalue weighted by molar-refractivity contribution is 6.87. The Morgan fingerprint density at radius 2 is 1.05 bits per heavy atom. The van der Waals surface area contributed by atoms with Crippen LogP contribution in [0.15, 0.2) is 121 Å². The average Bonchev–Trinajstić information content (AvgIpc) is 3.21. The van der Waals surface area contributed by atoms with Gasteiger partial charge in [-0.25, -0.2) is 9.59 Å². The van der Waals surface area contributed by atoms with Crippen molar-refractivity contribution < 1.29 is 27.5 Å². The first-order chi connectivity index (χ1) is 29.2. The molecule has 4 aromatic rings. The lowest BCUT2D eigenvalue weighted by atomic mass is 9.98. The molecule has 0 aliphatic carbocycles. The number of urea groups is 2. The molecule has 0 aliphatic heterocycles. The van der Waals surface area contributed by atoms with Gasteiger partial charge in [0.05, 0.1) is 0 Å². The lowest BCUT2D eigenvalue weighted by molar-refractivity contribution is -0.120. The van der Waals surface area contributed by atoms with Crippen LogP contribution in [0.5, 0.6) is 0 Å². The molecule has 0 saturated heterocycles. The molecule has 1 atom stereocenters. The molecule has 16 heteroatoms. The Labute approximate surface area is 380 Å². The van der Waals surface area contributed by atoms with Crippen molar-refractivity contribution in [2.24, 2.45) is 5.92 Å². The van der Waals surface area contributed by atoms with Crippen LogP contribution in [-0.2, 0) is 17.9 Å². The van der Waals surface area contributed by atoms with E-state index >= 15 is 0 Å². The van der Waals surface area contributed by atoms with E-state index in [1.165, 1.54) is 0 Å². The molecule has 6 N–H and O–H groups in total. The van der Waals surface area contributed by atoms with Crippen molar-refractivity contribution in [2.45, 2.75) is 91.9 Å². The highest BCUT2D eigenvalue weighted by atomic mass is 28.5. The molecule has 4 aromatic carbocycles. The lowest BCUT2D eigenvalue weighted by Gasteiger charge is -2.39. The Kier molecular flexibility index (Phi) is 24.2. The molecule has 0 saturated carbocycles. The van der Waals surface area contributed by atoms with E-state index in [1.54, 1.807) is 0 Å². The zero-order valence-corrected chi connectivity index (χ0v) is 39.8. The van der Waals surface area contributed by atoms with Gasteiger partial charge in [-0.05, 0) is 119 Å². The fraction of sp³-hybridized carbons (Fsp3) is 0.426. The number of nitrogens with zero attached hydrogens (tertiary/aromatic N) is 1. The van der Waals surface area contributed by atoms with Crippen molar-refractivity contribution in [1.82, 2.24) is 15.7 Å². The maximum absolute atomic E-state index is 13.5. The summed E-state index contributed by atoms with van der Waals surface area (Å²) in [5, 5.41) is 15.0. The SMILES string of the molecule is C.C.C[Si](C)(CCCC(CCNC(=O)Nc1ccccc1)C(=O)Nc1ccccc1)O[Si](C)(C)O[Si](C)(C)CCCN(CCNOCNc1ccccc1)C(=O)Nc1ccccc1. The van der Waals surface area contributed by atoms with E-state index in [0.29, 0.717) is 51.4 Å². The fourth-order valence-electron chi connectivity index (χ4n) is 7.17. The van der Waals surface area contributed by atoms with Gasteiger partial charge in [-0.3, -0.25) is 9.63 Å². The minimum Gasteiger partial charge on any atom is -0.437 e. The number of nitrogens with one attached hydrogen (secondary N) is 6. The summed E-state index contributed by atoms with van der Waals surface area (Å²) in [7, 11) is -6.91. The van der Waals surface area contributed by atoms with E-state index in [4.69, 9.17) is 13.1 Å². The molecule has 0 radical (unpaired) electrons. The summed E-state index contributed by atoms with van der Waals surface area (Å²) >= 11 is 0. The first kappa shape index (κ1) is 54.3. The van der Waals surface area contributed by atoms with E-state index in [9.17, 15) is 14.4 Å². The summed E-state index contributed by atoms with van der Waals surface area (Å²) < 4.78 is 13.9. The number of benzene rings is 4. The van der Waals surface area contributed by atoms with Crippen molar-refractivity contribution in [3.05, 3.63) is 121 Å². The van der Waals surface area contributed by atoms with Crippen LogP contribution in [-0.4, -0.2) is 81.0 Å². The average molecular weight is 918 g/mol. The van der Waals surface area contributed by atoms with Crippen LogP contribution in [0.3, 0.4) is 0 Å². The van der Waals surface area contributed by atoms with E-state index in [0.717, 1.165) is 42.0 Å². The standard InChI is InChI=1S/C45H67N7O6Si3.2CH4/c1-59(2,35-19-21-38(43(53)49-40-24-13-8-14-25-40)30-31-46-44(54)50-41-26-15-9-16-27-41)57-61(5,6)58-60(3,4)36-20-33-52(45(55)51-42-28-17-10-18-29-42)34-32-48-56-37-47-39-22-11-7-12-23-39;;/h7-18,22-29,38,47-48H,19-21,30-37H2,1-6H3,(H,49,53)(H,51,55)(H2,46,50,54);2*1H4. The largest absolute Gasteiger partial charge is 0.437 e. The Morgan fingerprint density at radius 1 is 0.571 bits per heavy atom. The van der Waals surface area contributed by atoms with E-state index < -0.39 is 25.2 Å². The summed E-state index contributed by atoms with van der Waals surface area (Å²) in [6, 6.07) is 39.3. The molecule has 0 aromatic heterocycles. The molecule has 1 unspecified atom stereocenters. The van der Waals surface area contributed by atoms with Crippen molar-refractivity contribution in [3.8, 4) is 0 Å². The number of hydroxylamine groups is 1. The first-order valence-corrected chi connectivity index (χ1v) is 30.3. The van der Waals surface area contributed by atoms with Gasteiger partial charge in [0.1, 0.15) is 6.73 Å². The minimum absolute atomic E-state index is 0. The van der Waals surface area contributed by atoms with Gasteiger partial charge in [0.25, 0.3) is 0 Å². The third-order valence-corrected chi connectivity index (χ3v) is 21.3. The second kappa shape index (κ2) is 28.1. The van der Waals surface area contributed by atoms with Gasteiger partial charge >= 0.3 is 20.6 Å². The Hall–Kier alpha value is -4.82. The van der Waals surface area contributed by atoms with Gasteiger partial charge in [0.2, 0.25) is 5.91 Å². The molecule has 5 amide bonds. The molecule has 0 fully saturated rings. The van der Waals surface area contributed by atoms with Gasteiger partial charge in [-0.1, -0.05) is 94.1 Å². The Balaban J connectivity index is 0.00000683. The summed E-state index contributed by atoms with van der Waals surface area (Å²) in [6.07, 6.45) is 2.79. The maximum atomic E-state index is 13.5. The number of anilines is 4. The van der Waals surface area contributed by atoms with Crippen LogP contribution in [0.4, 0.5) is 32.3 Å². The molecular weight excluding hydrogens is 843 g/mol. The third-order valence-electron chi connectivity index (χ3n) is 9.82. The summed E-state index contributed by atoms with van der Waals surface area (Å²) in [6.45, 7) is 15.3. The van der Waals surface area contributed by atoms with Crippen molar-refractivity contribution in [2.75, 3.05) is 54.2 Å². The van der Waals surface area contributed by atoms with Crippen LogP contribution >= 0.6 is 0 Å². The topological polar surface area (TPSA) is 154 Å². The zero-order chi connectivity index (χ0) is 44.0. The van der Waals surface area contributed by atoms with Gasteiger partial charge in [-0.2, -0.15) is 5.48 Å². The van der Waals surface area contributed by atoms with E-state index in [1.807, 2.05) is 126 Å². The zero-order valence-electron chi connectivity index (χ0n) is 36.8. The molecule has 0 bridgehead atoms. The maximum Gasteiger partial charge on any atom is 0.321 e. The summed E-state index contributed by atoms with van der Waals surface area (Å²) in [5.74, 6) is -0.344. The lowest BCUT2D eigenvalue weighted by Crippen LogP contribution is -2.52. The smallest absolute Gasteiger partial charge is 0.321 e. The molecule has 63 heavy (non-hydrogen) atoms. The van der Waals surface area contributed by atoms with E-state index in [2.05, 4.69) is 71.3 Å². The highest BCUT2D eigenvalue weighted by Gasteiger charge is 2.39. The van der Waals surface area contributed by atoms with Gasteiger partial charge < -0.3 is 39.7 Å². The fourth-order valence-corrected chi connectivity index (χ4v) is 21.2. The molecule has 13 nitrogen and oxygen atoms in total. The predicted molar refractivity (Wildman–Crippen MR) is 269 cm³/mol. The second-order valence-electron chi connectivity index (χ2n) is 16.7. The molecule has 0 spiro atoms. The molecule has 0 heterocycles. The highest BCUT2D eigenvalue weighted by Crippen LogP contribution is 2.28. The number of para-hydroxylation sites is 4.